The smallest absolute Gasteiger partial charge is 0.169 e. The molecule has 2 heterocycles. The second kappa shape index (κ2) is 5.13. The lowest BCUT2D eigenvalue weighted by Gasteiger charge is -2.12. The Morgan fingerprint density at radius 3 is 2.65 bits per heavy atom. The maximum absolute atomic E-state index is 13.7. The molecule has 0 bridgehead atoms. The topological polar surface area (TPSA) is 38.3 Å². The van der Waals surface area contributed by atoms with Gasteiger partial charge in [0.15, 0.2) is 11.4 Å². The molecule has 0 spiro atoms. The molecule has 1 aromatic carbocycles. The van der Waals surface area contributed by atoms with E-state index in [9.17, 15) is 4.39 Å². The fourth-order valence-electron chi connectivity index (χ4n) is 2.34. The predicted molar refractivity (Wildman–Crippen MR) is 75.1 cm³/mol. The van der Waals surface area contributed by atoms with Crippen molar-refractivity contribution >= 4 is 11.0 Å². The Morgan fingerprint density at radius 2 is 2.00 bits per heavy atom. The average Bonchev–Trinajstić information content (AvgIpc) is 3.03. The molecule has 3 aromatic rings. The predicted octanol–water partition coefficient (Wildman–Crippen LogP) is 4.17. The lowest BCUT2D eigenvalue weighted by atomic mass is 10.1. The van der Waals surface area contributed by atoms with E-state index in [1.54, 1.807) is 6.07 Å². The first kappa shape index (κ1) is 12.9. The highest BCUT2D eigenvalue weighted by atomic mass is 19.1. The van der Waals surface area contributed by atoms with Crippen LogP contribution in [0.2, 0.25) is 0 Å². The van der Waals surface area contributed by atoms with Gasteiger partial charge in [0.05, 0.1) is 0 Å². The maximum Gasteiger partial charge on any atom is 0.169 e. The molecular formula is C16H16FNO2. The van der Waals surface area contributed by atoms with Crippen LogP contribution in [0.1, 0.15) is 30.2 Å². The second-order valence-corrected chi connectivity index (χ2v) is 4.75. The van der Waals surface area contributed by atoms with Gasteiger partial charge in [-0.15, -0.1) is 0 Å². The molecule has 0 aliphatic heterocycles. The molecule has 0 fully saturated rings. The average molecular weight is 273 g/mol. The van der Waals surface area contributed by atoms with E-state index in [1.807, 2.05) is 38.1 Å². The van der Waals surface area contributed by atoms with Crippen molar-refractivity contribution in [2.75, 3.05) is 6.54 Å². The largest absolute Gasteiger partial charge is 0.464 e. The van der Waals surface area contributed by atoms with E-state index in [1.165, 1.54) is 6.07 Å². The third kappa shape index (κ3) is 2.23. The molecule has 0 saturated carbocycles. The Labute approximate surface area is 116 Å². The molecule has 4 heteroatoms. The molecule has 0 saturated heterocycles. The molecule has 104 valence electrons. The number of rotatable bonds is 4. The maximum atomic E-state index is 13.7. The van der Waals surface area contributed by atoms with Gasteiger partial charge in [0.2, 0.25) is 0 Å². The quantitative estimate of drug-likeness (QED) is 0.775. The molecule has 0 aliphatic rings. The summed E-state index contributed by atoms with van der Waals surface area (Å²) in [6.45, 7) is 4.65. The van der Waals surface area contributed by atoms with Crippen LogP contribution in [0.25, 0.3) is 11.0 Å². The minimum atomic E-state index is -0.348. The normalized spacial score (nSPS) is 12.9. The highest BCUT2D eigenvalue weighted by Crippen LogP contribution is 2.30. The number of fused-ring (bicyclic) bond motifs is 1. The summed E-state index contributed by atoms with van der Waals surface area (Å²) in [7, 11) is 0. The highest BCUT2D eigenvalue weighted by molar-refractivity contribution is 5.78. The summed E-state index contributed by atoms with van der Waals surface area (Å²) in [4.78, 5) is 0. The van der Waals surface area contributed by atoms with Crippen molar-refractivity contribution in [1.29, 1.82) is 0 Å². The van der Waals surface area contributed by atoms with Gasteiger partial charge in [0, 0.05) is 5.39 Å². The first-order valence-electron chi connectivity index (χ1n) is 6.66. The monoisotopic (exact) mass is 273 g/mol. The molecule has 0 aliphatic carbocycles. The number of benzene rings is 1. The zero-order chi connectivity index (χ0) is 14.1. The van der Waals surface area contributed by atoms with E-state index < -0.39 is 0 Å². The van der Waals surface area contributed by atoms with Gasteiger partial charge in [0.25, 0.3) is 0 Å². The Hall–Kier alpha value is -2.07. The van der Waals surface area contributed by atoms with Crippen molar-refractivity contribution in [1.82, 2.24) is 5.32 Å². The van der Waals surface area contributed by atoms with E-state index in [0.29, 0.717) is 5.76 Å². The fraction of sp³-hybridized carbons (Fsp3) is 0.250. The van der Waals surface area contributed by atoms with Gasteiger partial charge in [-0.05, 0) is 37.7 Å². The summed E-state index contributed by atoms with van der Waals surface area (Å²) < 4.78 is 25.1. The van der Waals surface area contributed by atoms with Crippen molar-refractivity contribution in [2.45, 2.75) is 19.9 Å². The third-order valence-electron chi connectivity index (χ3n) is 3.25. The standard InChI is InChI=1S/C16H16FNO2/c1-3-18-15(13-8-7-10(2)19-13)14-9-11-5-4-6-12(17)16(11)20-14/h4-9,15,18H,3H2,1-2H3. The SMILES string of the molecule is CCNC(c1ccc(C)o1)c1cc2cccc(F)c2o1. The van der Waals surface area contributed by atoms with Crippen LogP contribution in [0.15, 0.2) is 45.2 Å². The van der Waals surface area contributed by atoms with Gasteiger partial charge in [-0.3, -0.25) is 0 Å². The lowest BCUT2D eigenvalue weighted by Crippen LogP contribution is -2.20. The summed E-state index contributed by atoms with van der Waals surface area (Å²) >= 11 is 0. The summed E-state index contributed by atoms with van der Waals surface area (Å²) in [6.07, 6.45) is 0. The van der Waals surface area contributed by atoms with E-state index in [4.69, 9.17) is 8.83 Å². The molecule has 1 unspecified atom stereocenters. The Kier molecular flexibility index (Phi) is 3.32. The van der Waals surface area contributed by atoms with Gasteiger partial charge in [-0.1, -0.05) is 19.1 Å². The first-order valence-corrected chi connectivity index (χ1v) is 6.66. The molecule has 3 rings (SSSR count). The molecule has 20 heavy (non-hydrogen) atoms. The number of hydrogen-bond donors (Lipinski definition) is 1. The van der Waals surface area contributed by atoms with Crippen LogP contribution in [0.4, 0.5) is 4.39 Å². The zero-order valence-corrected chi connectivity index (χ0v) is 11.4. The molecule has 0 radical (unpaired) electrons. The molecular weight excluding hydrogens is 257 g/mol. The van der Waals surface area contributed by atoms with Crippen molar-refractivity contribution in [3.8, 4) is 0 Å². The number of hydrogen-bond acceptors (Lipinski definition) is 3. The zero-order valence-electron chi connectivity index (χ0n) is 11.4. The highest BCUT2D eigenvalue weighted by Gasteiger charge is 2.21. The van der Waals surface area contributed by atoms with Gasteiger partial charge < -0.3 is 14.2 Å². The van der Waals surface area contributed by atoms with Crippen molar-refractivity contribution in [3.63, 3.8) is 0 Å². The molecule has 1 N–H and O–H groups in total. The third-order valence-corrected chi connectivity index (χ3v) is 3.25. The van der Waals surface area contributed by atoms with E-state index in [0.717, 1.165) is 23.5 Å². The minimum absolute atomic E-state index is 0.208. The van der Waals surface area contributed by atoms with Crippen molar-refractivity contribution in [2.24, 2.45) is 0 Å². The number of halogens is 1. The fourth-order valence-corrected chi connectivity index (χ4v) is 2.34. The van der Waals surface area contributed by atoms with Gasteiger partial charge in [0.1, 0.15) is 23.3 Å². The Morgan fingerprint density at radius 1 is 1.15 bits per heavy atom. The number of para-hydroxylation sites is 1. The summed E-state index contributed by atoms with van der Waals surface area (Å²) in [5.41, 5.74) is 0.286. The van der Waals surface area contributed by atoms with Crippen molar-refractivity contribution in [3.05, 3.63) is 59.5 Å². The van der Waals surface area contributed by atoms with Gasteiger partial charge in [-0.2, -0.15) is 0 Å². The Bertz CT molecular complexity index is 729. The number of nitrogens with one attached hydrogen (secondary N) is 1. The molecule has 0 amide bonds. The number of furan rings is 2. The van der Waals surface area contributed by atoms with Crippen LogP contribution in [-0.2, 0) is 0 Å². The Balaban J connectivity index is 2.07. The van der Waals surface area contributed by atoms with Crippen LogP contribution in [0.3, 0.4) is 0 Å². The van der Waals surface area contributed by atoms with Crippen LogP contribution in [0, 0.1) is 12.7 Å². The van der Waals surface area contributed by atoms with Crippen LogP contribution in [-0.4, -0.2) is 6.54 Å². The van der Waals surface area contributed by atoms with Crippen LogP contribution < -0.4 is 5.32 Å². The summed E-state index contributed by atoms with van der Waals surface area (Å²) in [6, 6.07) is 10.4. The summed E-state index contributed by atoms with van der Waals surface area (Å²) in [5.74, 6) is 1.91. The van der Waals surface area contributed by atoms with Crippen molar-refractivity contribution < 1.29 is 13.2 Å². The van der Waals surface area contributed by atoms with E-state index >= 15 is 0 Å². The van der Waals surface area contributed by atoms with E-state index in [2.05, 4.69) is 5.32 Å². The number of aryl methyl sites for hydroxylation is 1. The van der Waals surface area contributed by atoms with E-state index in [-0.39, 0.29) is 17.4 Å². The molecule has 2 aromatic heterocycles. The van der Waals surface area contributed by atoms with Gasteiger partial charge in [-0.25, -0.2) is 4.39 Å². The molecule has 3 nitrogen and oxygen atoms in total. The molecule has 1 atom stereocenters. The van der Waals surface area contributed by atoms with Crippen LogP contribution in [0.5, 0.6) is 0 Å². The van der Waals surface area contributed by atoms with Gasteiger partial charge >= 0.3 is 0 Å². The first-order chi connectivity index (χ1) is 9.69. The minimum Gasteiger partial charge on any atom is -0.464 e. The summed E-state index contributed by atoms with van der Waals surface area (Å²) in [5, 5.41) is 4.05. The second-order valence-electron chi connectivity index (χ2n) is 4.75. The van der Waals surface area contributed by atoms with Crippen LogP contribution >= 0.6 is 0 Å². The lowest BCUT2D eigenvalue weighted by molar-refractivity contribution is 0.391.